The van der Waals surface area contributed by atoms with Crippen molar-refractivity contribution in [3.05, 3.63) is 23.3 Å². The van der Waals surface area contributed by atoms with Crippen LogP contribution in [0.1, 0.15) is 19.7 Å². The van der Waals surface area contributed by atoms with Gasteiger partial charge in [0, 0.05) is 7.05 Å². The summed E-state index contributed by atoms with van der Waals surface area (Å²) in [4.78, 5) is 5.35. The average molecular weight is 226 g/mol. The zero-order chi connectivity index (χ0) is 10.9. The summed E-state index contributed by atoms with van der Waals surface area (Å²) >= 11 is 1.66. The van der Waals surface area contributed by atoms with Gasteiger partial charge in [-0.2, -0.15) is 0 Å². The van der Waals surface area contributed by atoms with Gasteiger partial charge in [0.25, 0.3) is 0 Å². The molecule has 0 fully saturated rings. The van der Waals surface area contributed by atoms with E-state index in [1.807, 2.05) is 25.5 Å². The first kappa shape index (κ1) is 10.5. The Morgan fingerprint density at radius 3 is 2.93 bits per heavy atom. The zero-order valence-corrected chi connectivity index (χ0v) is 9.84. The number of aryl methyl sites for hydroxylation is 1. The second-order valence-electron chi connectivity index (χ2n) is 3.96. The maximum Gasteiger partial charge on any atom is 0.142 e. The van der Waals surface area contributed by atoms with Crippen LogP contribution in [0.25, 0.3) is 0 Å². The van der Waals surface area contributed by atoms with Crippen LogP contribution in [-0.4, -0.2) is 20.4 Å². The van der Waals surface area contributed by atoms with Crippen LogP contribution < -0.4 is 5.48 Å². The van der Waals surface area contributed by atoms with Gasteiger partial charge >= 0.3 is 0 Å². The molecule has 5 nitrogen and oxygen atoms in total. The third kappa shape index (κ3) is 2.51. The Kier molecular flexibility index (Phi) is 2.70. The number of hydroxylamine groups is 1. The molecule has 2 heterocycles. The van der Waals surface area contributed by atoms with Crippen molar-refractivity contribution in [3.8, 4) is 0 Å². The summed E-state index contributed by atoms with van der Waals surface area (Å²) in [5, 5.41) is 8.86. The fraction of sp³-hybridized carbons (Fsp3) is 0.556. The smallest absolute Gasteiger partial charge is 0.142 e. The predicted molar refractivity (Wildman–Crippen MR) is 58.7 cm³/mol. The van der Waals surface area contributed by atoms with Crippen molar-refractivity contribution in [1.29, 1.82) is 0 Å². The van der Waals surface area contributed by atoms with E-state index in [0.717, 1.165) is 16.6 Å². The van der Waals surface area contributed by atoms with Crippen molar-refractivity contribution in [2.75, 3.05) is 0 Å². The maximum atomic E-state index is 5.35. The lowest BCUT2D eigenvalue weighted by atomic mass is 10.1. The van der Waals surface area contributed by atoms with E-state index in [2.05, 4.69) is 21.8 Å². The predicted octanol–water partition coefficient (Wildman–Crippen LogP) is 1.20. The van der Waals surface area contributed by atoms with Gasteiger partial charge in [0.05, 0.1) is 10.8 Å². The Morgan fingerprint density at radius 1 is 1.60 bits per heavy atom. The van der Waals surface area contributed by atoms with Gasteiger partial charge < -0.3 is 4.57 Å². The number of thioether (sulfide) groups is 1. The molecule has 1 aliphatic rings. The van der Waals surface area contributed by atoms with E-state index in [4.69, 9.17) is 4.84 Å². The molecule has 0 spiro atoms. The van der Waals surface area contributed by atoms with Crippen LogP contribution in [0.4, 0.5) is 0 Å². The van der Waals surface area contributed by atoms with E-state index in [1.165, 1.54) is 0 Å². The summed E-state index contributed by atoms with van der Waals surface area (Å²) in [6.45, 7) is 4.02. The van der Waals surface area contributed by atoms with E-state index < -0.39 is 0 Å². The highest BCUT2D eigenvalue weighted by Gasteiger charge is 2.24. The third-order valence-corrected chi connectivity index (χ3v) is 2.97. The Morgan fingerprint density at radius 2 is 2.40 bits per heavy atom. The summed E-state index contributed by atoms with van der Waals surface area (Å²) in [5.41, 5.74) is 2.68. The standard InChI is InChI=1S/C9H14N4OS/c1-9(2)4-8(12-14-9)15-5-7-11-10-6-13(7)3/h4,6,12H,5H2,1-3H3. The van der Waals surface area contributed by atoms with Gasteiger partial charge in [0.2, 0.25) is 0 Å². The second-order valence-corrected chi connectivity index (χ2v) is 4.98. The molecular weight excluding hydrogens is 212 g/mol. The van der Waals surface area contributed by atoms with E-state index in [1.54, 1.807) is 18.1 Å². The van der Waals surface area contributed by atoms with Gasteiger partial charge in [0.1, 0.15) is 17.8 Å². The van der Waals surface area contributed by atoms with Crippen molar-refractivity contribution >= 4 is 11.8 Å². The van der Waals surface area contributed by atoms with E-state index in [0.29, 0.717) is 0 Å². The summed E-state index contributed by atoms with van der Waals surface area (Å²) in [7, 11) is 1.94. The van der Waals surface area contributed by atoms with Crippen LogP contribution in [0, 0.1) is 0 Å². The normalized spacial score (nSPS) is 18.7. The van der Waals surface area contributed by atoms with Gasteiger partial charge in [-0.25, -0.2) is 0 Å². The largest absolute Gasteiger partial charge is 0.320 e. The van der Waals surface area contributed by atoms with E-state index in [9.17, 15) is 0 Å². The minimum atomic E-state index is -0.220. The molecule has 1 N–H and O–H groups in total. The SMILES string of the molecule is Cn1cnnc1CSC1=CC(C)(C)ON1. The minimum Gasteiger partial charge on any atom is -0.320 e. The molecule has 0 saturated heterocycles. The Bertz CT molecular complexity index is 385. The van der Waals surface area contributed by atoms with E-state index >= 15 is 0 Å². The molecule has 1 aromatic heterocycles. The average Bonchev–Trinajstić information content (AvgIpc) is 2.69. The van der Waals surface area contributed by atoms with Crippen molar-refractivity contribution in [2.45, 2.75) is 25.2 Å². The number of nitrogens with one attached hydrogen (secondary N) is 1. The molecule has 0 radical (unpaired) electrons. The van der Waals surface area contributed by atoms with Crippen molar-refractivity contribution in [1.82, 2.24) is 20.2 Å². The first-order valence-corrected chi connectivity index (χ1v) is 5.68. The van der Waals surface area contributed by atoms with Crippen LogP contribution in [0.2, 0.25) is 0 Å². The molecule has 6 heteroatoms. The number of aromatic nitrogens is 3. The van der Waals surface area contributed by atoms with Crippen LogP contribution >= 0.6 is 11.8 Å². The highest BCUT2D eigenvalue weighted by Crippen LogP contribution is 2.27. The summed E-state index contributed by atoms with van der Waals surface area (Å²) in [5.74, 6) is 1.74. The quantitative estimate of drug-likeness (QED) is 0.839. The molecule has 1 aliphatic heterocycles. The Labute approximate surface area is 92.9 Å². The zero-order valence-electron chi connectivity index (χ0n) is 9.02. The lowest BCUT2D eigenvalue weighted by Crippen LogP contribution is -2.20. The molecule has 2 rings (SSSR count). The molecular formula is C9H14N4OS. The van der Waals surface area contributed by atoms with Crippen LogP contribution in [0.3, 0.4) is 0 Å². The number of hydrogen-bond acceptors (Lipinski definition) is 5. The first-order chi connectivity index (χ1) is 7.07. The molecule has 0 saturated carbocycles. The topological polar surface area (TPSA) is 52.0 Å². The van der Waals surface area contributed by atoms with Gasteiger partial charge in [-0.3, -0.25) is 10.3 Å². The summed E-state index contributed by atoms with van der Waals surface area (Å²) in [6, 6.07) is 0. The van der Waals surface area contributed by atoms with Gasteiger partial charge in [-0.15, -0.1) is 10.2 Å². The van der Waals surface area contributed by atoms with Crippen LogP contribution in [0.15, 0.2) is 17.4 Å². The highest BCUT2D eigenvalue weighted by atomic mass is 32.2. The monoisotopic (exact) mass is 226 g/mol. The molecule has 15 heavy (non-hydrogen) atoms. The first-order valence-electron chi connectivity index (χ1n) is 4.69. The molecule has 1 aromatic rings. The van der Waals surface area contributed by atoms with Gasteiger partial charge in [-0.1, -0.05) is 11.8 Å². The fourth-order valence-corrected chi connectivity index (χ4v) is 2.22. The summed E-state index contributed by atoms with van der Waals surface area (Å²) < 4.78 is 1.91. The van der Waals surface area contributed by atoms with Crippen LogP contribution in [-0.2, 0) is 17.6 Å². The van der Waals surface area contributed by atoms with Crippen molar-refractivity contribution in [3.63, 3.8) is 0 Å². The Hall–Kier alpha value is -1.01. The number of hydrogen-bond donors (Lipinski definition) is 1. The molecule has 0 aliphatic carbocycles. The molecule has 0 unspecified atom stereocenters. The molecule has 82 valence electrons. The molecule has 0 bridgehead atoms. The van der Waals surface area contributed by atoms with Crippen molar-refractivity contribution in [2.24, 2.45) is 7.05 Å². The molecule has 0 atom stereocenters. The Balaban J connectivity index is 1.93. The minimum absolute atomic E-state index is 0.220. The number of rotatable bonds is 3. The lowest BCUT2D eigenvalue weighted by molar-refractivity contribution is -0.0126. The highest BCUT2D eigenvalue weighted by molar-refractivity contribution is 8.02. The van der Waals surface area contributed by atoms with E-state index in [-0.39, 0.29) is 5.60 Å². The van der Waals surface area contributed by atoms with Gasteiger partial charge in [-0.05, 0) is 19.9 Å². The molecule has 0 aromatic carbocycles. The fourth-order valence-electron chi connectivity index (χ4n) is 1.21. The van der Waals surface area contributed by atoms with Gasteiger partial charge in [0.15, 0.2) is 0 Å². The summed E-state index contributed by atoms with van der Waals surface area (Å²) in [6.07, 6.45) is 3.76. The lowest BCUT2D eigenvalue weighted by Gasteiger charge is -2.11. The van der Waals surface area contributed by atoms with Crippen LogP contribution in [0.5, 0.6) is 0 Å². The maximum absolute atomic E-state index is 5.35. The number of nitrogens with zero attached hydrogens (tertiary/aromatic N) is 3. The second kappa shape index (κ2) is 3.86. The van der Waals surface area contributed by atoms with Crippen molar-refractivity contribution < 1.29 is 4.84 Å². The third-order valence-electron chi connectivity index (χ3n) is 2.06. The molecule has 0 amide bonds.